The summed E-state index contributed by atoms with van der Waals surface area (Å²) in [5.74, 6) is 1.89. The molecular formula is C19H20N4O4S. The number of hydrogen-bond donors (Lipinski definition) is 1. The molecule has 3 aromatic rings. The Morgan fingerprint density at radius 3 is 2.96 bits per heavy atom. The molecule has 0 saturated heterocycles. The minimum Gasteiger partial charge on any atom is -0.454 e. The first-order chi connectivity index (χ1) is 13.7. The lowest BCUT2D eigenvalue weighted by molar-refractivity contribution is 0.0397. The predicted octanol–water partition coefficient (Wildman–Crippen LogP) is 2.37. The first-order valence-electron chi connectivity index (χ1n) is 8.82. The van der Waals surface area contributed by atoms with Gasteiger partial charge < -0.3 is 19.3 Å². The Labute approximate surface area is 166 Å². The number of tetrazole rings is 1. The number of para-hydroxylation sites is 1. The topological polar surface area (TPSA) is 91.5 Å². The molecule has 28 heavy (non-hydrogen) atoms. The highest BCUT2D eigenvalue weighted by Gasteiger charge is 2.15. The van der Waals surface area contributed by atoms with Crippen LogP contribution in [-0.2, 0) is 11.3 Å². The van der Waals surface area contributed by atoms with E-state index in [9.17, 15) is 5.11 Å². The average Bonchev–Trinajstić information content (AvgIpc) is 3.35. The number of benzene rings is 2. The maximum Gasteiger partial charge on any atom is 0.231 e. The molecule has 0 fully saturated rings. The van der Waals surface area contributed by atoms with Gasteiger partial charge >= 0.3 is 0 Å². The summed E-state index contributed by atoms with van der Waals surface area (Å²) in [4.78, 5) is 0. The van der Waals surface area contributed by atoms with E-state index in [0.717, 1.165) is 28.3 Å². The average molecular weight is 400 g/mol. The van der Waals surface area contributed by atoms with Crippen molar-refractivity contribution in [3.8, 4) is 17.2 Å². The van der Waals surface area contributed by atoms with Crippen LogP contribution in [0.2, 0.25) is 0 Å². The fourth-order valence-corrected chi connectivity index (χ4v) is 3.57. The van der Waals surface area contributed by atoms with Crippen LogP contribution < -0.4 is 9.47 Å². The number of hydrogen-bond acceptors (Lipinski definition) is 8. The number of nitrogens with zero attached hydrogens (tertiary/aromatic N) is 4. The van der Waals surface area contributed by atoms with Crippen LogP contribution in [-0.4, -0.2) is 50.6 Å². The second-order valence-corrected chi connectivity index (χ2v) is 7.31. The van der Waals surface area contributed by atoms with E-state index in [-0.39, 0.29) is 13.4 Å². The van der Waals surface area contributed by atoms with Gasteiger partial charge in [-0.3, -0.25) is 0 Å². The van der Waals surface area contributed by atoms with Gasteiger partial charge in [-0.1, -0.05) is 36.0 Å². The molecule has 2 heterocycles. The molecule has 1 aromatic heterocycles. The highest BCUT2D eigenvalue weighted by Crippen LogP contribution is 2.32. The van der Waals surface area contributed by atoms with Crippen molar-refractivity contribution >= 4 is 11.8 Å². The normalized spacial score (nSPS) is 13.6. The molecule has 2 aromatic carbocycles. The molecule has 0 unspecified atom stereocenters. The zero-order chi connectivity index (χ0) is 19.3. The number of thioether (sulfide) groups is 1. The molecule has 4 rings (SSSR count). The molecule has 1 N–H and O–H groups in total. The van der Waals surface area contributed by atoms with Gasteiger partial charge in [0.1, 0.15) is 0 Å². The summed E-state index contributed by atoms with van der Waals surface area (Å²) in [5.41, 5.74) is 2.96. The molecule has 1 atom stereocenters. The summed E-state index contributed by atoms with van der Waals surface area (Å²) in [6.45, 7) is 2.86. The first kappa shape index (κ1) is 18.7. The summed E-state index contributed by atoms with van der Waals surface area (Å²) in [5, 5.41) is 22.7. The van der Waals surface area contributed by atoms with Gasteiger partial charge in [0.05, 0.1) is 25.0 Å². The molecule has 0 amide bonds. The highest BCUT2D eigenvalue weighted by atomic mass is 32.2. The van der Waals surface area contributed by atoms with Gasteiger partial charge in [-0.05, 0) is 46.7 Å². The first-order valence-corrected chi connectivity index (χ1v) is 9.81. The van der Waals surface area contributed by atoms with Crippen LogP contribution in [0.3, 0.4) is 0 Å². The predicted molar refractivity (Wildman–Crippen MR) is 103 cm³/mol. The smallest absolute Gasteiger partial charge is 0.231 e. The van der Waals surface area contributed by atoms with Crippen LogP contribution in [0.5, 0.6) is 11.5 Å². The Hall–Kier alpha value is -2.62. The van der Waals surface area contributed by atoms with E-state index in [4.69, 9.17) is 14.2 Å². The summed E-state index contributed by atoms with van der Waals surface area (Å²) in [7, 11) is 0. The van der Waals surface area contributed by atoms with Crippen molar-refractivity contribution in [3.05, 3.63) is 53.6 Å². The van der Waals surface area contributed by atoms with E-state index in [1.807, 2.05) is 49.4 Å². The third-order valence-corrected chi connectivity index (χ3v) is 5.27. The third-order valence-electron chi connectivity index (χ3n) is 4.21. The summed E-state index contributed by atoms with van der Waals surface area (Å²) >= 11 is 1.39. The minimum atomic E-state index is -0.638. The van der Waals surface area contributed by atoms with Gasteiger partial charge in [0.25, 0.3) is 0 Å². The summed E-state index contributed by atoms with van der Waals surface area (Å²) in [6, 6.07) is 13.5. The standard InChI is InChI=1S/C19H20N4O4S/c1-13-4-2-3-5-16(13)23-19(20-21-22-23)28-11-15(24)10-25-9-14-6-7-17-18(8-14)27-12-26-17/h2-8,15,24H,9-12H2,1H3/t15-/m0/s1. The van der Waals surface area contributed by atoms with Crippen molar-refractivity contribution < 1.29 is 19.3 Å². The zero-order valence-electron chi connectivity index (χ0n) is 15.3. The fraction of sp³-hybridized carbons (Fsp3) is 0.316. The van der Waals surface area contributed by atoms with Gasteiger partial charge in [-0.2, -0.15) is 4.68 Å². The lowest BCUT2D eigenvalue weighted by Gasteiger charge is -2.12. The van der Waals surface area contributed by atoms with E-state index in [2.05, 4.69) is 15.5 Å². The van der Waals surface area contributed by atoms with Crippen molar-refractivity contribution in [2.24, 2.45) is 0 Å². The Kier molecular flexibility index (Phi) is 5.75. The van der Waals surface area contributed by atoms with E-state index < -0.39 is 6.10 Å². The molecule has 146 valence electrons. The maximum atomic E-state index is 10.2. The summed E-state index contributed by atoms with van der Waals surface area (Å²) in [6.07, 6.45) is -0.638. The molecule has 1 aliphatic rings. The molecule has 0 bridgehead atoms. The number of fused-ring (bicyclic) bond motifs is 1. The van der Waals surface area contributed by atoms with Crippen molar-refractivity contribution in [1.29, 1.82) is 0 Å². The molecule has 1 aliphatic heterocycles. The quantitative estimate of drug-likeness (QED) is 0.576. The minimum absolute atomic E-state index is 0.216. The molecule has 8 nitrogen and oxygen atoms in total. The SMILES string of the molecule is Cc1ccccc1-n1nnnc1SC[C@@H](O)COCc1ccc2c(c1)OCO2. The Morgan fingerprint density at radius 2 is 2.07 bits per heavy atom. The highest BCUT2D eigenvalue weighted by molar-refractivity contribution is 7.99. The number of rotatable bonds is 8. The maximum absolute atomic E-state index is 10.2. The van der Waals surface area contributed by atoms with Gasteiger partial charge in [-0.25, -0.2) is 0 Å². The van der Waals surface area contributed by atoms with Crippen LogP contribution >= 0.6 is 11.8 Å². The second kappa shape index (κ2) is 8.59. The van der Waals surface area contributed by atoms with Crippen LogP contribution in [0.15, 0.2) is 47.6 Å². The Morgan fingerprint density at radius 1 is 1.21 bits per heavy atom. The van der Waals surface area contributed by atoms with Crippen molar-refractivity contribution in [2.45, 2.75) is 24.8 Å². The van der Waals surface area contributed by atoms with Crippen LogP contribution in [0.25, 0.3) is 5.69 Å². The lowest BCUT2D eigenvalue weighted by atomic mass is 10.2. The summed E-state index contributed by atoms with van der Waals surface area (Å²) < 4.78 is 17.9. The monoisotopic (exact) mass is 400 g/mol. The van der Waals surface area contributed by atoms with E-state index in [1.165, 1.54) is 11.8 Å². The Balaban J connectivity index is 1.27. The van der Waals surface area contributed by atoms with E-state index >= 15 is 0 Å². The van der Waals surface area contributed by atoms with Crippen LogP contribution in [0, 0.1) is 6.92 Å². The number of aliphatic hydroxyl groups is 1. The van der Waals surface area contributed by atoms with E-state index in [0.29, 0.717) is 17.5 Å². The van der Waals surface area contributed by atoms with Gasteiger partial charge in [0.15, 0.2) is 11.5 Å². The molecule has 0 saturated carbocycles. The number of aliphatic hydroxyl groups excluding tert-OH is 1. The van der Waals surface area contributed by atoms with E-state index in [1.54, 1.807) is 4.68 Å². The number of aromatic nitrogens is 4. The number of ether oxygens (including phenoxy) is 3. The fourth-order valence-electron chi connectivity index (χ4n) is 2.78. The zero-order valence-corrected chi connectivity index (χ0v) is 16.1. The number of aryl methyl sites for hydroxylation is 1. The van der Waals surface area contributed by atoms with Crippen LogP contribution in [0.4, 0.5) is 0 Å². The van der Waals surface area contributed by atoms with Crippen LogP contribution in [0.1, 0.15) is 11.1 Å². The van der Waals surface area contributed by atoms with Crippen molar-refractivity contribution in [1.82, 2.24) is 20.2 Å². The third kappa shape index (κ3) is 4.27. The molecule has 0 spiro atoms. The Bertz CT molecular complexity index is 949. The van der Waals surface area contributed by atoms with Crippen molar-refractivity contribution in [2.75, 3.05) is 19.2 Å². The molecule has 0 radical (unpaired) electrons. The second-order valence-electron chi connectivity index (χ2n) is 6.33. The molecular weight excluding hydrogens is 380 g/mol. The largest absolute Gasteiger partial charge is 0.454 e. The van der Waals surface area contributed by atoms with Gasteiger partial charge in [0, 0.05) is 5.75 Å². The molecule has 9 heteroatoms. The van der Waals surface area contributed by atoms with Gasteiger partial charge in [-0.15, -0.1) is 5.10 Å². The lowest BCUT2D eigenvalue weighted by Crippen LogP contribution is -2.18. The van der Waals surface area contributed by atoms with Gasteiger partial charge in [0.2, 0.25) is 11.9 Å². The molecule has 0 aliphatic carbocycles. The van der Waals surface area contributed by atoms with Crippen molar-refractivity contribution in [3.63, 3.8) is 0 Å².